The van der Waals surface area contributed by atoms with Gasteiger partial charge in [-0.2, -0.15) is 0 Å². The van der Waals surface area contributed by atoms with Crippen LogP contribution in [0.3, 0.4) is 0 Å². The van der Waals surface area contributed by atoms with Gasteiger partial charge in [0, 0.05) is 25.5 Å². The highest BCUT2D eigenvalue weighted by Gasteiger charge is 2.29. The molecule has 0 bridgehead atoms. The third-order valence-corrected chi connectivity index (χ3v) is 6.11. The second-order valence-electron chi connectivity index (χ2n) is 4.52. The molecule has 2 aromatic rings. The summed E-state index contributed by atoms with van der Waals surface area (Å²) in [5.74, 6) is -0.533. The number of sulfonamides is 1. The van der Waals surface area contributed by atoms with E-state index in [0.29, 0.717) is 5.56 Å². The van der Waals surface area contributed by atoms with E-state index in [1.165, 1.54) is 12.3 Å². The van der Waals surface area contributed by atoms with E-state index in [1.54, 1.807) is 29.8 Å². The van der Waals surface area contributed by atoms with E-state index in [-0.39, 0.29) is 30.2 Å². The largest absolute Gasteiger partial charge is 0.396 e. The van der Waals surface area contributed by atoms with Crippen molar-refractivity contribution in [1.82, 2.24) is 9.29 Å². The Kier molecular flexibility index (Phi) is 5.64. The van der Waals surface area contributed by atoms with Crippen molar-refractivity contribution in [2.75, 3.05) is 13.2 Å². The van der Waals surface area contributed by atoms with Gasteiger partial charge in [0.2, 0.25) is 5.91 Å². The number of hydrogen-bond donors (Lipinski definition) is 1. The van der Waals surface area contributed by atoms with Gasteiger partial charge in [0.1, 0.15) is 4.21 Å². The maximum atomic E-state index is 12.5. The molecular weight excluding hydrogens is 324 g/mol. The van der Waals surface area contributed by atoms with E-state index < -0.39 is 15.9 Å². The molecule has 0 unspecified atom stereocenters. The average molecular weight is 340 g/mol. The van der Waals surface area contributed by atoms with Crippen molar-refractivity contribution in [2.45, 2.75) is 17.1 Å². The minimum atomic E-state index is -3.88. The topological polar surface area (TPSA) is 87.6 Å². The van der Waals surface area contributed by atoms with Gasteiger partial charge in [-0.05, 0) is 29.5 Å². The van der Waals surface area contributed by atoms with Gasteiger partial charge in [0.15, 0.2) is 0 Å². The second kappa shape index (κ2) is 7.48. The van der Waals surface area contributed by atoms with Crippen LogP contribution >= 0.6 is 11.3 Å². The van der Waals surface area contributed by atoms with E-state index in [2.05, 4.69) is 4.98 Å². The SMILES string of the molecule is O=C(Cc1cccnc1)N(CCCO)S(=O)(=O)c1cccs1. The maximum absolute atomic E-state index is 12.5. The Morgan fingerprint density at radius 2 is 2.14 bits per heavy atom. The number of aliphatic hydroxyl groups excluding tert-OH is 1. The summed E-state index contributed by atoms with van der Waals surface area (Å²) in [7, 11) is -3.88. The zero-order chi connectivity index (χ0) is 16.0. The minimum absolute atomic E-state index is 0.0458. The number of thiophene rings is 1. The van der Waals surface area contributed by atoms with E-state index in [1.807, 2.05) is 0 Å². The van der Waals surface area contributed by atoms with E-state index in [0.717, 1.165) is 15.6 Å². The number of nitrogens with zero attached hydrogens (tertiary/aromatic N) is 2. The number of aliphatic hydroxyl groups is 1. The molecule has 22 heavy (non-hydrogen) atoms. The Bertz CT molecular complexity index is 700. The van der Waals surface area contributed by atoms with Crippen LogP contribution in [0.5, 0.6) is 0 Å². The zero-order valence-corrected chi connectivity index (χ0v) is 13.4. The molecular formula is C14H16N2O4S2. The summed E-state index contributed by atoms with van der Waals surface area (Å²) in [4.78, 5) is 16.3. The monoisotopic (exact) mass is 340 g/mol. The van der Waals surface area contributed by atoms with Crippen LogP contribution < -0.4 is 0 Å². The molecule has 8 heteroatoms. The lowest BCUT2D eigenvalue weighted by molar-refractivity contribution is -0.125. The van der Waals surface area contributed by atoms with Crippen LogP contribution in [-0.2, 0) is 21.2 Å². The standard InChI is InChI=1S/C14H16N2O4S2/c17-8-3-7-16(22(19,20)14-5-2-9-21-14)13(18)10-12-4-1-6-15-11-12/h1-2,4-6,9,11,17H,3,7-8,10H2. The zero-order valence-electron chi connectivity index (χ0n) is 11.8. The smallest absolute Gasteiger partial charge is 0.275 e. The molecule has 0 radical (unpaired) electrons. The van der Waals surface area contributed by atoms with Crippen molar-refractivity contribution in [1.29, 1.82) is 0 Å². The third kappa shape index (κ3) is 3.90. The van der Waals surface area contributed by atoms with Crippen molar-refractivity contribution >= 4 is 27.3 Å². The van der Waals surface area contributed by atoms with Crippen LogP contribution in [0.1, 0.15) is 12.0 Å². The fourth-order valence-electron chi connectivity index (χ4n) is 1.88. The Morgan fingerprint density at radius 3 is 2.73 bits per heavy atom. The Labute approximate surface area is 133 Å². The second-order valence-corrected chi connectivity index (χ2v) is 7.56. The minimum Gasteiger partial charge on any atom is -0.396 e. The number of hydrogen-bond acceptors (Lipinski definition) is 6. The quantitative estimate of drug-likeness (QED) is 0.820. The fourth-order valence-corrected chi connectivity index (χ4v) is 4.42. The molecule has 0 atom stereocenters. The first-order valence-electron chi connectivity index (χ1n) is 6.64. The van der Waals surface area contributed by atoms with Crippen molar-refractivity contribution < 1.29 is 18.3 Å². The predicted octanol–water partition coefficient (Wildman–Crippen LogP) is 1.29. The van der Waals surface area contributed by atoms with Gasteiger partial charge in [-0.15, -0.1) is 11.3 Å². The summed E-state index contributed by atoms with van der Waals surface area (Å²) < 4.78 is 26.0. The molecule has 0 saturated carbocycles. The fraction of sp³-hybridized carbons (Fsp3) is 0.286. The lowest BCUT2D eigenvalue weighted by atomic mass is 10.2. The van der Waals surface area contributed by atoms with E-state index in [9.17, 15) is 13.2 Å². The van der Waals surface area contributed by atoms with Crippen LogP contribution in [0, 0.1) is 0 Å². The van der Waals surface area contributed by atoms with Crippen LogP contribution in [0.15, 0.2) is 46.2 Å². The summed E-state index contributed by atoms with van der Waals surface area (Å²) in [6.45, 7) is -0.230. The Morgan fingerprint density at radius 1 is 1.32 bits per heavy atom. The molecule has 0 aliphatic heterocycles. The normalized spacial score (nSPS) is 11.3. The van der Waals surface area contributed by atoms with Crippen molar-refractivity contribution in [3.63, 3.8) is 0 Å². The van der Waals surface area contributed by atoms with Crippen LogP contribution in [0.25, 0.3) is 0 Å². The highest BCUT2D eigenvalue weighted by Crippen LogP contribution is 2.22. The molecule has 2 rings (SSSR count). The summed E-state index contributed by atoms with van der Waals surface area (Å²) in [5, 5.41) is 10.6. The van der Waals surface area contributed by atoms with Crippen LogP contribution in [-0.4, -0.2) is 41.9 Å². The molecule has 0 aliphatic carbocycles. The van der Waals surface area contributed by atoms with Gasteiger partial charge in [-0.3, -0.25) is 9.78 Å². The molecule has 118 valence electrons. The molecule has 0 spiro atoms. The molecule has 0 fully saturated rings. The summed E-state index contributed by atoms with van der Waals surface area (Å²) in [6, 6.07) is 6.48. The van der Waals surface area contributed by atoms with Gasteiger partial charge in [0.05, 0.1) is 6.42 Å². The first kappa shape index (κ1) is 16.6. The van der Waals surface area contributed by atoms with Gasteiger partial charge in [0.25, 0.3) is 10.0 Å². The number of carbonyl (C=O) groups excluding carboxylic acids is 1. The van der Waals surface area contributed by atoms with Crippen LogP contribution in [0.4, 0.5) is 0 Å². The van der Waals surface area contributed by atoms with E-state index in [4.69, 9.17) is 5.11 Å². The molecule has 0 aromatic carbocycles. The maximum Gasteiger partial charge on any atom is 0.275 e. The van der Waals surface area contributed by atoms with Gasteiger partial charge in [-0.1, -0.05) is 12.1 Å². The number of amides is 1. The van der Waals surface area contributed by atoms with Crippen molar-refractivity contribution in [3.8, 4) is 0 Å². The van der Waals surface area contributed by atoms with Crippen molar-refractivity contribution in [3.05, 3.63) is 47.6 Å². The highest BCUT2D eigenvalue weighted by atomic mass is 32.2. The van der Waals surface area contributed by atoms with Crippen molar-refractivity contribution in [2.24, 2.45) is 0 Å². The van der Waals surface area contributed by atoms with Gasteiger partial charge < -0.3 is 5.11 Å². The molecule has 0 saturated heterocycles. The number of aromatic nitrogens is 1. The van der Waals surface area contributed by atoms with Gasteiger partial charge >= 0.3 is 0 Å². The first-order valence-corrected chi connectivity index (χ1v) is 8.96. The highest BCUT2D eigenvalue weighted by molar-refractivity contribution is 7.91. The summed E-state index contributed by atoms with van der Waals surface area (Å²) >= 11 is 1.06. The Balaban J connectivity index is 2.24. The molecule has 2 aromatic heterocycles. The molecule has 1 N–H and O–H groups in total. The van der Waals surface area contributed by atoms with E-state index >= 15 is 0 Å². The first-order chi connectivity index (χ1) is 10.6. The lowest BCUT2D eigenvalue weighted by Crippen LogP contribution is -2.38. The number of pyridine rings is 1. The number of rotatable bonds is 7. The molecule has 6 nitrogen and oxygen atoms in total. The molecule has 0 aliphatic rings. The third-order valence-electron chi connectivity index (χ3n) is 2.92. The molecule has 1 amide bonds. The van der Waals surface area contributed by atoms with Crippen LogP contribution in [0.2, 0.25) is 0 Å². The van der Waals surface area contributed by atoms with Gasteiger partial charge in [-0.25, -0.2) is 12.7 Å². The lowest BCUT2D eigenvalue weighted by Gasteiger charge is -2.21. The summed E-state index contributed by atoms with van der Waals surface area (Å²) in [5.41, 5.74) is 0.642. The predicted molar refractivity (Wildman–Crippen MR) is 82.9 cm³/mol. The number of carbonyl (C=O) groups is 1. The summed E-state index contributed by atoms with van der Waals surface area (Å²) in [6.07, 6.45) is 3.26. The average Bonchev–Trinajstić information content (AvgIpc) is 3.03. The molecule has 2 heterocycles. The Hall–Kier alpha value is -1.77.